The zero-order valence-electron chi connectivity index (χ0n) is 12.1. The minimum Gasteiger partial charge on any atom is -0.338 e. The van der Waals surface area contributed by atoms with Gasteiger partial charge in [-0.25, -0.2) is 4.98 Å². The summed E-state index contributed by atoms with van der Waals surface area (Å²) in [6.45, 7) is 2.32. The van der Waals surface area contributed by atoms with Crippen molar-refractivity contribution < 1.29 is 0 Å². The molecule has 0 bridgehead atoms. The molecular formula is C14H25N3S2. The smallest absolute Gasteiger partial charge is 0.108 e. The Hall–Kier alpha value is -0.130. The van der Waals surface area contributed by atoms with Crippen LogP contribution in [0.15, 0.2) is 12.4 Å². The van der Waals surface area contributed by atoms with E-state index < -0.39 is 0 Å². The summed E-state index contributed by atoms with van der Waals surface area (Å²) in [4.78, 5) is 4.43. The number of imidazole rings is 1. The van der Waals surface area contributed by atoms with Crippen molar-refractivity contribution in [3.05, 3.63) is 18.2 Å². The van der Waals surface area contributed by atoms with Crippen LogP contribution in [0.2, 0.25) is 0 Å². The standard InChI is InChI=1S/C14H25N3S2/c1-4-12-14(19-10-9-18-12)11(15-2)5-6-13-16-7-8-17(13)3/h7-8,11-12,14-15H,4-6,9-10H2,1-3H3. The third kappa shape index (κ3) is 3.92. The van der Waals surface area contributed by atoms with E-state index >= 15 is 0 Å². The molecule has 1 aliphatic heterocycles. The van der Waals surface area contributed by atoms with Crippen LogP contribution in [0.3, 0.4) is 0 Å². The molecule has 108 valence electrons. The number of hydrogen-bond acceptors (Lipinski definition) is 4. The third-order valence-corrected chi connectivity index (χ3v) is 7.27. The van der Waals surface area contributed by atoms with E-state index in [1.165, 1.54) is 30.2 Å². The van der Waals surface area contributed by atoms with Crippen molar-refractivity contribution >= 4 is 23.5 Å². The lowest BCUT2D eigenvalue weighted by Crippen LogP contribution is -2.44. The maximum atomic E-state index is 4.43. The Balaban J connectivity index is 1.93. The first-order chi connectivity index (χ1) is 9.26. The van der Waals surface area contributed by atoms with Gasteiger partial charge in [0.15, 0.2) is 0 Å². The van der Waals surface area contributed by atoms with Gasteiger partial charge in [-0.15, -0.1) is 0 Å². The van der Waals surface area contributed by atoms with Gasteiger partial charge in [0.1, 0.15) is 5.82 Å². The number of hydrogen-bond donors (Lipinski definition) is 1. The van der Waals surface area contributed by atoms with E-state index in [0.717, 1.165) is 16.9 Å². The molecule has 2 heterocycles. The van der Waals surface area contributed by atoms with Crippen LogP contribution in [-0.2, 0) is 13.5 Å². The second-order valence-electron chi connectivity index (χ2n) is 5.04. The molecule has 1 saturated heterocycles. The number of aromatic nitrogens is 2. The van der Waals surface area contributed by atoms with Crippen LogP contribution in [0.25, 0.3) is 0 Å². The van der Waals surface area contributed by atoms with Crippen LogP contribution in [0.4, 0.5) is 0 Å². The normalized spacial score (nSPS) is 25.4. The van der Waals surface area contributed by atoms with Gasteiger partial charge in [0.25, 0.3) is 0 Å². The Morgan fingerprint density at radius 2 is 2.26 bits per heavy atom. The Kier molecular flexibility index (Phi) is 6.10. The number of thioether (sulfide) groups is 2. The molecule has 0 saturated carbocycles. The average molecular weight is 300 g/mol. The monoisotopic (exact) mass is 299 g/mol. The van der Waals surface area contributed by atoms with Crippen molar-refractivity contribution in [2.24, 2.45) is 7.05 Å². The number of nitrogens with zero attached hydrogens (tertiary/aromatic N) is 2. The third-order valence-electron chi connectivity index (χ3n) is 3.86. The molecule has 1 N–H and O–H groups in total. The van der Waals surface area contributed by atoms with Crippen molar-refractivity contribution in [1.29, 1.82) is 0 Å². The van der Waals surface area contributed by atoms with Crippen LogP contribution in [0.5, 0.6) is 0 Å². The Morgan fingerprint density at radius 3 is 2.89 bits per heavy atom. The predicted octanol–water partition coefficient (Wildman–Crippen LogP) is 2.57. The molecular weight excluding hydrogens is 274 g/mol. The molecule has 0 aromatic carbocycles. The quantitative estimate of drug-likeness (QED) is 0.874. The summed E-state index contributed by atoms with van der Waals surface area (Å²) in [5, 5.41) is 5.09. The largest absolute Gasteiger partial charge is 0.338 e. The number of aryl methyl sites for hydroxylation is 2. The molecule has 2 rings (SSSR count). The van der Waals surface area contributed by atoms with E-state index in [4.69, 9.17) is 0 Å². The van der Waals surface area contributed by atoms with Gasteiger partial charge >= 0.3 is 0 Å². The van der Waals surface area contributed by atoms with Crippen LogP contribution in [0, 0.1) is 0 Å². The Morgan fingerprint density at radius 1 is 1.47 bits per heavy atom. The van der Waals surface area contributed by atoms with E-state index in [1.54, 1.807) is 0 Å². The summed E-state index contributed by atoms with van der Waals surface area (Å²) in [7, 11) is 4.19. The zero-order chi connectivity index (χ0) is 13.7. The topological polar surface area (TPSA) is 29.9 Å². The fourth-order valence-corrected chi connectivity index (χ4v) is 6.05. The first-order valence-electron chi connectivity index (χ1n) is 7.13. The fourth-order valence-electron chi connectivity index (χ4n) is 2.71. The highest BCUT2D eigenvalue weighted by atomic mass is 32.2. The summed E-state index contributed by atoms with van der Waals surface area (Å²) in [6, 6.07) is 0.597. The lowest BCUT2D eigenvalue weighted by Gasteiger charge is -2.35. The minimum absolute atomic E-state index is 0.597. The Bertz CT molecular complexity index is 381. The van der Waals surface area contributed by atoms with Crippen molar-refractivity contribution in [3.8, 4) is 0 Å². The summed E-state index contributed by atoms with van der Waals surface area (Å²) in [5.74, 6) is 3.81. The van der Waals surface area contributed by atoms with Gasteiger partial charge in [0.05, 0.1) is 0 Å². The molecule has 1 aromatic heterocycles. The molecule has 1 aliphatic rings. The second-order valence-corrected chi connectivity index (χ2v) is 7.67. The van der Waals surface area contributed by atoms with Gasteiger partial charge in [-0.2, -0.15) is 23.5 Å². The van der Waals surface area contributed by atoms with Crippen LogP contribution in [-0.4, -0.2) is 44.6 Å². The molecule has 19 heavy (non-hydrogen) atoms. The summed E-state index contributed by atoms with van der Waals surface area (Å²) < 4.78 is 2.13. The molecule has 5 heteroatoms. The first-order valence-corrected chi connectivity index (χ1v) is 9.22. The molecule has 0 spiro atoms. The summed E-state index contributed by atoms with van der Waals surface area (Å²) >= 11 is 4.32. The summed E-state index contributed by atoms with van der Waals surface area (Å²) in [5.41, 5.74) is 0. The predicted molar refractivity (Wildman–Crippen MR) is 87.2 cm³/mol. The van der Waals surface area contributed by atoms with Crippen LogP contribution >= 0.6 is 23.5 Å². The maximum absolute atomic E-state index is 4.43. The number of nitrogens with one attached hydrogen (secondary N) is 1. The average Bonchev–Trinajstić information content (AvgIpc) is 2.85. The Labute approximate surface area is 125 Å². The van der Waals surface area contributed by atoms with Gasteiger partial charge in [-0.05, 0) is 19.9 Å². The van der Waals surface area contributed by atoms with Gasteiger partial charge in [-0.1, -0.05) is 6.92 Å². The van der Waals surface area contributed by atoms with Crippen molar-refractivity contribution in [1.82, 2.24) is 14.9 Å². The molecule has 3 unspecified atom stereocenters. The van der Waals surface area contributed by atoms with E-state index in [2.05, 4.69) is 59.4 Å². The van der Waals surface area contributed by atoms with E-state index in [1.807, 2.05) is 12.4 Å². The number of rotatable bonds is 6. The van der Waals surface area contributed by atoms with Crippen molar-refractivity contribution in [2.45, 2.75) is 42.7 Å². The van der Waals surface area contributed by atoms with E-state index in [0.29, 0.717) is 6.04 Å². The highest BCUT2D eigenvalue weighted by molar-refractivity contribution is 8.07. The van der Waals surface area contributed by atoms with E-state index in [-0.39, 0.29) is 0 Å². The van der Waals surface area contributed by atoms with Crippen LogP contribution < -0.4 is 5.32 Å². The lowest BCUT2D eigenvalue weighted by molar-refractivity contribution is 0.481. The molecule has 0 aliphatic carbocycles. The van der Waals surface area contributed by atoms with Crippen molar-refractivity contribution in [2.75, 3.05) is 18.6 Å². The fraction of sp³-hybridized carbons (Fsp3) is 0.786. The SMILES string of the molecule is CCC1SCCSC1C(CCc1nccn1C)NC. The van der Waals surface area contributed by atoms with Gasteiger partial charge < -0.3 is 9.88 Å². The highest BCUT2D eigenvalue weighted by Crippen LogP contribution is 2.36. The maximum Gasteiger partial charge on any atom is 0.108 e. The molecule has 0 amide bonds. The van der Waals surface area contributed by atoms with Crippen LogP contribution in [0.1, 0.15) is 25.6 Å². The molecule has 1 aromatic rings. The summed E-state index contributed by atoms with van der Waals surface area (Å²) in [6.07, 6.45) is 7.44. The molecule has 1 fully saturated rings. The minimum atomic E-state index is 0.597. The van der Waals surface area contributed by atoms with Crippen molar-refractivity contribution in [3.63, 3.8) is 0 Å². The molecule has 3 nitrogen and oxygen atoms in total. The highest BCUT2D eigenvalue weighted by Gasteiger charge is 2.31. The first kappa shape index (κ1) is 15.3. The molecule has 0 radical (unpaired) electrons. The second kappa shape index (κ2) is 7.60. The van der Waals surface area contributed by atoms with E-state index in [9.17, 15) is 0 Å². The van der Waals surface area contributed by atoms with Gasteiger partial charge in [0.2, 0.25) is 0 Å². The lowest BCUT2D eigenvalue weighted by atomic mass is 10.0. The van der Waals surface area contributed by atoms with Gasteiger partial charge in [-0.3, -0.25) is 0 Å². The zero-order valence-corrected chi connectivity index (χ0v) is 13.8. The van der Waals surface area contributed by atoms with Gasteiger partial charge in [0, 0.05) is 53.9 Å². The molecule has 3 atom stereocenters.